The van der Waals surface area contributed by atoms with Crippen molar-refractivity contribution in [3.05, 3.63) is 46.9 Å². The lowest BCUT2D eigenvalue weighted by Crippen LogP contribution is -2.08. The van der Waals surface area contributed by atoms with Gasteiger partial charge >= 0.3 is 0 Å². The first kappa shape index (κ1) is 14.7. The fraction of sp³-hybridized carbons (Fsp3) is 0.375. The number of aryl methyl sites for hydroxylation is 1. The molecule has 0 bridgehead atoms. The third-order valence-corrected chi connectivity index (χ3v) is 5.56. The molecule has 1 aromatic heterocycles. The zero-order valence-electron chi connectivity index (χ0n) is 12.3. The lowest BCUT2D eigenvalue weighted by Gasteiger charge is -2.11. The molecule has 1 aliphatic heterocycles. The maximum Gasteiger partial charge on any atom is 0.141 e. The van der Waals surface area contributed by atoms with Crippen LogP contribution in [0.4, 0.5) is 5.82 Å². The highest BCUT2D eigenvalue weighted by atomic mass is 32.2. The predicted octanol–water partition coefficient (Wildman–Crippen LogP) is 4.26. The van der Waals surface area contributed by atoms with Crippen molar-refractivity contribution in [2.75, 3.05) is 11.9 Å². The second kappa shape index (κ2) is 6.71. The van der Waals surface area contributed by atoms with E-state index in [4.69, 9.17) is 9.97 Å². The SMILES string of the molecule is CCNc1nc(CSc2ccccc2C)nc2c1CSC2. The Morgan fingerprint density at radius 2 is 2.10 bits per heavy atom. The Bertz CT molecular complexity index is 643. The van der Waals surface area contributed by atoms with E-state index in [1.54, 1.807) is 0 Å². The highest BCUT2D eigenvalue weighted by Gasteiger charge is 2.19. The van der Waals surface area contributed by atoms with E-state index < -0.39 is 0 Å². The Labute approximate surface area is 134 Å². The van der Waals surface area contributed by atoms with E-state index in [1.807, 2.05) is 23.5 Å². The van der Waals surface area contributed by atoms with Crippen LogP contribution in [-0.2, 0) is 17.3 Å². The molecule has 3 rings (SSSR count). The van der Waals surface area contributed by atoms with E-state index >= 15 is 0 Å². The molecule has 0 amide bonds. The molecule has 1 aromatic carbocycles. The van der Waals surface area contributed by atoms with Crippen molar-refractivity contribution in [1.29, 1.82) is 0 Å². The molecule has 0 spiro atoms. The van der Waals surface area contributed by atoms with Crippen LogP contribution in [0.25, 0.3) is 0 Å². The van der Waals surface area contributed by atoms with E-state index in [-0.39, 0.29) is 0 Å². The summed E-state index contributed by atoms with van der Waals surface area (Å²) in [5.41, 5.74) is 3.82. The number of hydrogen-bond acceptors (Lipinski definition) is 5. The molecule has 0 unspecified atom stereocenters. The van der Waals surface area contributed by atoms with Crippen molar-refractivity contribution >= 4 is 29.3 Å². The van der Waals surface area contributed by atoms with Gasteiger partial charge in [0.2, 0.25) is 0 Å². The van der Waals surface area contributed by atoms with E-state index in [9.17, 15) is 0 Å². The van der Waals surface area contributed by atoms with Crippen LogP contribution in [0.15, 0.2) is 29.2 Å². The van der Waals surface area contributed by atoms with Gasteiger partial charge < -0.3 is 5.32 Å². The van der Waals surface area contributed by atoms with Crippen LogP contribution < -0.4 is 5.32 Å². The Kier molecular flexibility index (Phi) is 4.70. The van der Waals surface area contributed by atoms with Gasteiger partial charge in [-0.05, 0) is 25.5 Å². The number of nitrogens with one attached hydrogen (secondary N) is 1. The first-order chi connectivity index (χ1) is 10.3. The van der Waals surface area contributed by atoms with Crippen LogP contribution >= 0.6 is 23.5 Å². The summed E-state index contributed by atoms with van der Waals surface area (Å²) in [4.78, 5) is 10.8. The second-order valence-electron chi connectivity index (χ2n) is 4.99. The van der Waals surface area contributed by atoms with Gasteiger partial charge in [-0.25, -0.2) is 9.97 Å². The van der Waals surface area contributed by atoms with Gasteiger partial charge in [-0.2, -0.15) is 11.8 Å². The van der Waals surface area contributed by atoms with E-state index in [0.29, 0.717) is 0 Å². The predicted molar refractivity (Wildman–Crippen MR) is 91.9 cm³/mol. The molecule has 110 valence electrons. The van der Waals surface area contributed by atoms with E-state index in [1.165, 1.54) is 21.7 Å². The first-order valence-electron chi connectivity index (χ1n) is 7.16. The maximum atomic E-state index is 4.75. The van der Waals surface area contributed by atoms with Crippen LogP contribution in [0.5, 0.6) is 0 Å². The molecule has 0 fully saturated rings. The van der Waals surface area contributed by atoms with Crippen LogP contribution in [0.3, 0.4) is 0 Å². The Morgan fingerprint density at radius 1 is 1.24 bits per heavy atom. The zero-order chi connectivity index (χ0) is 14.7. The average molecular weight is 317 g/mol. The molecular formula is C16H19N3S2. The standard InChI is InChI=1S/C16H19N3S2/c1-3-17-16-12-8-20-9-13(12)18-15(19-16)10-21-14-7-5-4-6-11(14)2/h4-7H,3,8-10H2,1-2H3,(H,17,18,19). The number of nitrogens with zero attached hydrogens (tertiary/aromatic N) is 2. The fourth-order valence-corrected chi connectivity index (χ4v) is 4.27. The summed E-state index contributed by atoms with van der Waals surface area (Å²) in [7, 11) is 0. The molecule has 0 aliphatic carbocycles. The minimum atomic E-state index is 0.821. The summed E-state index contributed by atoms with van der Waals surface area (Å²) in [5, 5.41) is 3.38. The summed E-state index contributed by atoms with van der Waals surface area (Å²) in [6.07, 6.45) is 0. The van der Waals surface area contributed by atoms with Crippen LogP contribution in [-0.4, -0.2) is 16.5 Å². The average Bonchev–Trinajstić information content (AvgIpc) is 2.95. The number of benzene rings is 1. The molecule has 3 nitrogen and oxygen atoms in total. The first-order valence-corrected chi connectivity index (χ1v) is 9.30. The molecule has 0 atom stereocenters. The zero-order valence-corrected chi connectivity index (χ0v) is 14.0. The molecular weight excluding hydrogens is 298 g/mol. The lowest BCUT2D eigenvalue weighted by molar-refractivity contribution is 0.965. The number of fused-ring (bicyclic) bond motifs is 1. The van der Waals surface area contributed by atoms with Gasteiger partial charge in [0.1, 0.15) is 11.6 Å². The van der Waals surface area contributed by atoms with Gasteiger partial charge in [0, 0.05) is 28.5 Å². The van der Waals surface area contributed by atoms with Gasteiger partial charge in [-0.1, -0.05) is 18.2 Å². The molecule has 0 saturated carbocycles. The highest BCUT2D eigenvalue weighted by Crippen LogP contribution is 2.34. The van der Waals surface area contributed by atoms with Crippen molar-refractivity contribution in [1.82, 2.24) is 9.97 Å². The topological polar surface area (TPSA) is 37.8 Å². The highest BCUT2D eigenvalue weighted by molar-refractivity contribution is 7.98. The van der Waals surface area contributed by atoms with E-state index in [0.717, 1.165) is 35.4 Å². The molecule has 1 aliphatic rings. The van der Waals surface area contributed by atoms with Gasteiger partial charge in [-0.15, -0.1) is 11.8 Å². The normalized spacial score (nSPS) is 13.2. The summed E-state index contributed by atoms with van der Waals surface area (Å²) in [6.45, 7) is 5.16. The monoisotopic (exact) mass is 317 g/mol. The van der Waals surface area contributed by atoms with Crippen LogP contribution in [0.2, 0.25) is 0 Å². The molecule has 5 heteroatoms. The number of thioether (sulfide) groups is 2. The van der Waals surface area contributed by atoms with Crippen molar-refractivity contribution in [3.8, 4) is 0 Å². The number of rotatable bonds is 5. The smallest absolute Gasteiger partial charge is 0.141 e. The largest absolute Gasteiger partial charge is 0.370 e. The summed E-state index contributed by atoms with van der Waals surface area (Å²) >= 11 is 3.73. The van der Waals surface area contributed by atoms with Crippen molar-refractivity contribution in [2.45, 2.75) is 36.0 Å². The third kappa shape index (κ3) is 3.35. The Balaban J connectivity index is 1.80. The second-order valence-corrected chi connectivity index (χ2v) is 6.99. The summed E-state index contributed by atoms with van der Waals surface area (Å²) in [6, 6.07) is 8.46. The Morgan fingerprint density at radius 3 is 2.90 bits per heavy atom. The van der Waals surface area contributed by atoms with Crippen molar-refractivity contribution in [2.24, 2.45) is 0 Å². The Hall–Kier alpha value is -1.20. The molecule has 2 aromatic rings. The fourth-order valence-electron chi connectivity index (χ4n) is 2.34. The molecule has 1 N–H and O–H groups in total. The summed E-state index contributed by atoms with van der Waals surface area (Å²) < 4.78 is 0. The van der Waals surface area contributed by atoms with Crippen LogP contribution in [0, 0.1) is 6.92 Å². The van der Waals surface area contributed by atoms with Crippen molar-refractivity contribution < 1.29 is 0 Å². The quantitative estimate of drug-likeness (QED) is 0.834. The van der Waals surface area contributed by atoms with Gasteiger partial charge in [0.15, 0.2) is 0 Å². The molecule has 0 radical (unpaired) electrons. The number of hydrogen-bond donors (Lipinski definition) is 1. The molecule has 0 saturated heterocycles. The minimum absolute atomic E-state index is 0.821. The summed E-state index contributed by atoms with van der Waals surface area (Å²) in [5.74, 6) is 4.83. The lowest BCUT2D eigenvalue weighted by atomic mass is 10.2. The van der Waals surface area contributed by atoms with Gasteiger partial charge in [-0.3, -0.25) is 0 Å². The van der Waals surface area contributed by atoms with Crippen LogP contribution in [0.1, 0.15) is 29.6 Å². The maximum absolute atomic E-state index is 4.75. The molecule has 21 heavy (non-hydrogen) atoms. The molecule has 2 heterocycles. The minimum Gasteiger partial charge on any atom is -0.370 e. The van der Waals surface area contributed by atoms with Gasteiger partial charge in [0.05, 0.1) is 11.4 Å². The van der Waals surface area contributed by atoms with Gasteiger partial charge in [0.25, 0.3) is 0 Å². The van der Waals surface area contributed by atoms with Crippen molar-refractivity contribution in [3.63, 3.8) is 0 Å². The number of anilines is 1. The van der Waals surface area contributed by atoms with E-state index in [2.05, 4.69) is 43.4 Å². The number of aromatic nitrogens is 2. The third-order valence-electron chi connectivity index (χ3n) is 3.42.